The van der Waals surface area contributed by atoms with Crippen LogP contribution < -0.4 is 5.35 Å². The lowest BCUT2D eigenvalue weighted by Gasteiger charge is -2.13. The average molecular weight is 602 g/mol. The van der Waals surface area contributed by atoms with Gasteiger partial charge in [-0.15, -0.1) is 0 Å². The second kappa shape index (κ2) is 8.30. The zero-order valence-electron chi connectivity index (χ0n) is 25.0. The zero-order chi connectivity index (χ0) is 30.4. The summed E-state index contributed by atoms with van der Waals surface area (Å²) in [6.07, 6.45) is 4.24. The molecule has 6 aromatic heterocycles. The molecule has 0 N–H and O–H groups in total. The number of hydrogen-bond acceptors (Lipinski definition) is 4. The summed E-state index contributed by atoms with van der Waals surface area (Å²) in [7, 11) is 0. The second-order valence-electron chi connectivity index (χ2n) is 12.7. The van der Waals surface area contributed by atoms with Crippen LogP contribution in [-0.2, 0) is 6.42 Å². The first-order chi connectivity index (χ1) is 23.3. The van der Waals surface area contributed by atoms with Crippen molar-refractivity contribution < 1.29 is 4.42 Å². The van der Waals surface area contributed by atoms with Crippen LogP contribution >= 0.6 is 0 Å². The largest absolute Gasteiger partial charge is 0.456 e. The van der Waals surface area contributed by atoms with Crippen molar-refractivity contribution in [2.75, 3.05) is 0 Å². The number of benzene rings is 5. The van der Waals surface area contributed by atoms with Gasteiger partial charge < -0.3 is 8.82 Å². The molecule has 0 amide bonds. The Morgan fingerprint density at radius 2 is 1.38 bits per heavy atom. The van der Waals surface area contributed by atoms with Crippen LogP contribution in [0.1, 0.15) is 12.1 Å². The Morgan fingerprint density at radius 1 is 0.574 bits per heavy atom. The lowest BCUT2D eigenvalue weighted by atomic mass is 10.0. The molecule has 0 bridgehead atoms. The van der Waals surface area contributed by atoms with Crippen molar-refractivity contribution in [3.05, 3.63) is 120 Å². The molecule has 0 saturated carbocycles. The highest BCUT2D eigenvalue weighted by atomic mass is 16.3. The molecule has 6 heteroatoms. The van der Waals surface area contributed by atoms with E-state index >= 15 is 0 Å². The molecule has 1 aliphatic carbocycles. The number of para-hydroxylation sites is 3. The van der Waals surface area contributed by atoms with Gasteiger partial charge in [0.2, 0.25) is 5.95 Å². The monoisotopic (exact) mass is 601 g/mol. The Hall–Kier alpha value is -6.27. The first-order valence-corrected chi connectivity index (χ1v) is 16.1. The van der Waals surface area contributed by atoms with E-state index in [1.165, 1.54) is 49.0 Å². The van der Waals surface area contributed by atoms with Crippen molar-refractivity contribution in [1.82, 2.24) is 23.9 Å². The van der Waals surface area contributed by atoms with Gasteiger partial charge in [-0.3, -0.25) is 4.57 Å². The smallest absolute Gasteiger partial charge is 0.235 e. The molecular weight excluding hydrogens is 578 g/mol. The van der Waals surface area contributed by atoms with Gasteiger partial charge in [0.15, 0.2) is 0 Å². The van der Waals surface area contributed by atoms with E-state index in [2.05, 4.69) is 100.0 Å². The van der Waals surface area contributed by atoms with E-state index in [-0.39, 0.29) is 0 Å². The van der Waals surface area contributed by atoms with E-state index in [9.17, 15) is 0 Å². The number of furan rings is 1. The number of aryl methyl sites for hydroxylation is 1. The maximum Gasteiger partial charge on any atom is 0.235 e. The third kappa shape index (κ3) is 2.90. The average Bonchev–Trinajstić information content (AvgIpc) is 3.75. The molecule has 0 radical (unpaired) electrons. The van der Waals surface area contributed by atoms with Gasteiger partial charge in [-0.2, -0.15) is 0 Å². The van der Waals surface area contributed by atoms with Gasteiger partial charge in [-0.05, 0) is 61.4 Å². The van der Waals surface area contributed by atoms with Crippen LogP contribution in [0.5, 0.6) is 0 Å². The number of nitrogens with zero attached hydrogens (tertiary/aromatic N) is 5. The summed E-state index contributed by atoms with van der Waals surface area (Å²) in [6.45, 7) is 0. The maximum absolute atomic E-state index is 6.58. The molecule has 0 saturated heterocycles. The summed E-state index contributed by atoms with van der Waals surface area (Å²) < 4.78 is 11.4. The number of hydrogen-bond donors (Lipinski definition) is 0. The summed E-state index contributed by atoms with van der Waals surface area (Å²) in [5.74, 6) is 0.646. The molecule has 5 aromatic carbocycles. The summed E-state index contributed by atoms with van der Waals surface area (Å²) in [4.78, 5) is 15.7. The van der Waals surface area contributed by atoms with Gasteiger partial charge in [-0.25, -0.2) is 15.0 Å². The molecule has 47 heavy (non-hydrogen) atoms. The minimum absolute atomic E-state index is 0.646. The normalized spacial score (nSPS) is 13.5. The molecular formula is C41H23N5O. The Kier molecular flexibility index (Phi) is 4.24. The van der Waals surface area contributed by atoms with Crippen LogP contribution in [0.15, 0.2) is 114 Å². The van der Waals surface area contributed by atoms with E-state index in [0.29, 0.717) is 5.95 Å². The van der Waals surface area contributed by atoms with Crippen LogP contribution in [0.2, 0.25) is 0 Å². The van der Waals surface area contributed by atoms with Crippen molar-refractivity contribution in [3.8, 4) is 17.3 Å². The van der Waals surface area contributed by atoms with Gasteiger partial charge >= 0.3 is 0 Å². The van der Waals surface area contributed by atoms with Crippen molar-refractivity contribution >= 4 is 87.9 Å². The number of rotatable bonds is 2. The maximum atomic E-state index is 6.58. The third-order valence-electron chi connectivity index (χ3n) is 10.3. The van der Waals surface area contributed by atoms with E-state index in [1.807, 2.05) is 24.3 Å². The van der Waals surface area contributed by atoms with Crippen molar-refractivity contribution in [2.24, 2.45) is 0 Å². The quantitative estimate of drug-likeness (QED) is 0.198. The van der Waals surface area contributed by atoms with E-state index < -0.39 is 0 Å². The fourth-order valence-electron chi connectivity index (χ4n) is 8.43. The standard InChI is InChI=1S/C41H23N5O/c1-4-11-26-22(8-1)16-18-28(42-26)39-25-10-2-5-12-27(25)43-41(44-39)46-31-15-7-14-30-35(31)36-32(46)19-21-33-37(36)38-34(47-33)20-17-24-23-9-3-6-13-29(23)45(30)40(24)38/h1-6,8-13,15-21H,7,14H2. The minimum atomic E-state index is 0.646. The Morgan fingerprint density at radius 3 is 2.34 bits per heavy atom. The Bertz CT molecular complexity index is 3200. The summed E-state index contributed by atoms with van der Waals surface area (Å²) >= 11 is 0. The van der Waals surface area contributed by atoms with Crippen LogP contribution in [0.25, 0.3) is 105 Å². The number of aromatic nitrogens is 5. The van der Waals surface area contributed by atoms with Crippen LogP contribution in [0.4, 0.5) is 0 Å². The third-order valence-corrected chi connectivity index (χ3v) is 10.3. The molecule has 0 fully saturated rings. The second-order valence-corrected chi connectivity index (χ2v) is 12.7. The van der Waals surface area contributed by atoms with Gasteiger partial charge in [0.1, 0.15) is 16.9 Å². The highest BCUT2D eigenvalue weighted by Crippen LogP contribution is 2.46. The predicted octanol–water partition coefficient (Wildman–Crippen LogP) is 9.13. The van der Waals surface area contributed by atoms with Gasteiger partial charge in [-0.1, -0.05) is 66.7 Å². The van der Waals surface area contributed by atoms with Gasteiger partial charge in [0.05, 0.1) is 44.0 Å². The molecule has 0 spiro atoms. The van der Waals surface area contributed by atoms with Crippen LogP contribution in [-0.4, -0.2) is 23.9 Å². The summed E-state index contributed by atoms with van der Waals surface area (Å²) in [6, 6.07) is 38.1. The first-order valence-electron chi connectivity index (χ1n) is 16.1. The van der Waals surface area contributed by atoms with Crippen molar-refractivity contribution in [2.45, 2.75) is 12.8 Å². The highest BCUT2D eigenvalue weighted by Gasteiger charge is 2.28. The Labute approximate surface area is 266 Å². The fraction of sp³-hybridized carbons (Fsp3) is 0.0488. The fourth-order valence-corrected chi connectivity index (χ4v) is 8.43. The zero-order valence-corrected chi connectivity index (χ0v) is 25.0. The lowest BCUT2D eigenvalue weighted by Crippen LogP contribution is -2.21. The van der Waals surface area contributed by atoms with E-state index in [0.717, 1.165) is 68.1 Å². The van der Waals surface area contributed by atoms with Gasteiger partial charge in [0, 0.05) is 43.4 Å². The molecule has 1 aliphatic rings. The van der Waals surface area contributed by atoms with E-state index in [1.54, 1.807) is 0 Å². The molecule has 0 aliphatic heterocycles. The lowest BCUT2D eigenvalue weighted by molar-refractivity contribution is 0.669. The van der Waals surface area contributed by atoms with Crippen molar-refractivity contribution in [3.63, 3.8) is 0 Å². The predicted molar refractivity (Wildman–Crippen MR) is 190 cm³/mol. The molecule has 0 atom stereocenters. The molecule has 11 aromatic rings. The van der Waals surface area contributed by atoms with Gasteiger partial charge in [0.25, 0.3) is 0 Å². The minimum Gasteiger partial charge on any atom is -0.456 e. The number of fused-ring (bicyclic) bond motifs is 6. The topological polar surface area (TPSA) is 61.2 Å². The highest BCUT2D eigenvalue weighted by molar-refractivity contribution is 6.33. The van der Waals surface area contributed by atoms with Crippen LogP contribution in [0, 0.1) is 0 Å². The molecule has 6 nitrogen and oxygen atoms in total. The number of pyridine rings is 1. The van der Waals surface area contributed by atoms with Crippen molar-refractivity contribution in [1.29, 1.82) is 0 Å². The molecule has 0 unspecified atom stereocenters. The molecule has 12 rings (SSSR count). The first kappa shape index (κ1) is 24.0. The van der Waals surface area contributed by atoms with E-state index in [4.69, 9.17) is 19.4 Å². The SMILES string of the molecule is C1=c2c3c(n4c5ccccc5c5ccc6oc7ccc(c3c7c6c54)n2-c2nc(-c3ccc4ccccc4n3)c3ccccc3n2)CC1. The summed E-state index contributed by atoms with van der Waals surface area (Å²) in [5.41, 5.74) is 10.2. The Balaban J connectivity index is 1.28. The molecule has 6 heterocycles. The molecule has 218 valence electrons. The summed E-state index contributed by atoms with van der Waals surface area (Å²) in [5, 5.41) is 10.6. The van der Waals surface area contributed by atoms with Crippen LogP contribution in [0.3, 0.4) is 0 Å².